The molecule has 36 heavy (non-hydrogen) atoms. The van der Waals surface area contributed by atoms with E-state index < -0.39 is 0 Å². The topological polar surface area (TPSA) is 18.5 Å². The van der Waals surface area contributed by atoms with E-state index >= 15 is 0 Å². The molecule has 0 atom stereocenters. The summed E-state index contributed by atoms with van der Waals surface area (Å²) in [6, 6.07) is 21.4. The van der Waals surface area contributed by atoms with Crippen LogP contribution >= 0.6 is 15.9 Å². The van der Waals surface area contributed by atoms with Gasteiger partial charge in [0.2, 0.25) is 0 Å². The van der Waals surface area contributed by atoms with Gasteiger partial charge in [-0.2, -0.15) is 0 Å². The summed E-state index contributed by atoms with van der Waals surface area (Å²) in [7, 11) is 0. The molecular weight excluding hydrogens is 508 g/mol. The van der Waals surface area contributed by atoms with Gasteiger partial charge in [-0.3, -0.25) is 0 Å². The summed E-state index contributed by atoms with van der Waals surface area (Å²) >= 11 is 3.45. The van der Waals surface area contributed by atoms with Gasteiger partial charge < -0.3 is 9.47 Å². The summed E-state index contributed by atoms with van der Waals surface area (Å²) in [5, 5.41) is 1.13. The van der Waals surface area contributed by atoms with Crippen LogP contribution in [0, 0.1) is 0 Å². The van der Waals surface area contributed by atoms with E-state index in [2.05, 4.69) is 83.5 Å². The smallest absolute Gasteiger partial charge is 0.0466 e. The molecule has 2 rings (SSSR count). The van der Waals surface area contributed by atoms with Gasteiger partial charge in [-0.25, -0.2) is 0 Å². The highest BCUT2D eigenvalue weighted by Gasteiger charge is 1.95. The van der Waals surface area contributed by atoms with Crippen LogP contribution in [0.15, 0.2) is 60.7 Å². The van der Waals surface area contributed by atoms with Crippen LogP contribution in [0.25, 0.3) is 0 Å². The standard InChI is InChI=1S/C17H28O.C16H25BrO/c1-2-3-4-5-10-15-18-16-11-9-14-17-12-7-6-8-13-17;17-13-7-1-2-8-14-18-15-9-6-12-16-10-4-3-5-11-16/h6-8,12-13H,2-5,9-11,14-16H2,1H3;3-5,10-11H,1-2,6-9,12-15H2. The van der Waals surface area contributed by atoms with E-state index in [4.69, 9.17) is 9.47 Å². The minimum Gasteiger partial charge on any atom is -0.381 e. The maximum absolute atomic E-state index is 5.65. The quantitative estimate of drug-likeness (QED) is 0.105. The number of hydrogen-bond acceptors (Lipinski definition) is 2. The van der Waals surface area contributed by atoms with Crippen LogP contribution in [0.5, 0.6) is 0 Å². The predicted octanol–water partition coefficient (Wildman–Crippen LogP) is 9.98. The molecular formula is C33H53BrO2. The van der Waals surface area contributed by atoms with Crippen molar-refractivity contribution in [1.29, 1.82) is 0 Å². The van der Waals surface area contributed by atoms with Crippen molar-refractivity contribution in [2.45, 2.75) is 103 Å². The number of aryl methyl sites for hydroxylation is 2. The van der Waals surface area contributed by atoms with Crippen molar-refractivity contribution in [3.05, 3.63) is 71.8 Å². The number of halogens is 1. The average Bonchev–Trinajstić information content (AvgIpc) is 2.92. The van der Waals surface area contributed by atoms with E-state index in [1.54, 1.807) is 0 Å². The Balaban J connectivity index is 0.000000360. The zero-order valence-corrected chi connectivity index (χ0v) is 24.7. The average molecular weight is 562 g/mol. The predicted molar refractivity (Wildman–Crippen MR) is 161 cm³/mol. The largest absolute Gasteiger partial charge is 0.381 e. The molecule has 0 amide bonds. The number of benzene rings is 2. The van der Waals surface area contributed by atoms with Gasteiger partial charge >= 0.3 is 0 Å². The number of alkyl halides is 1. The zero-order chi connectivity index (χ0) is 25.8. The third kappa shape index (κ3) is 22.1. The van der Waals surface area contributed by atoms with Gasteiger partial charge in [-0.1, -0.05) is 122 Å². The van der Waals surface area contributed by atoms with Gasteiger partial charge in [0.25, 0.3) is 0 Å². The van der Waals surface area contributed by atoms with Gasteiger partial charge in [0.1, 0.15) is 0 Å². The van der Waals surface area contributed by atoms with Crippen LogP contribution in [0.4, 0.5) is 0 Å². The van der Waals surface area contributed by atoms with Gasteiger partial charge in [0.15, 0.2) is 0 Å². The maximum atomic E-state index is 5.65. The van der Waals surface area contributed by atoms with E-state index in [1.807, 2.05) is 0 Å². The lowest BCUT2D eigenvalue weighted by molar-refractivity contribution is 0.126. The van der Waals surface area contributed by atoms with Crippen molar-refractivity contribution < 1.29 is 9.47 Å². The SMILES string of the molecule is BrCCCCCCOCCCCc1ccccc1.CCCCCCCOCCCCc1ccccc1. The molecule has 0 fully saturated rings. The maximum Gasteiger partial charge on any atom is 0.0466 e. The van der Waals surface area contributed by atoms with E-state index in [1.165, 1.54) is 107 Å². The van der Waals surface area contributed by atoms with E-state index in [-0.39, 0.29) is 0 Å². The highest BCUT2D eigenvalue weighted by Crippen LogP contribution is 2.07. The summed E-state index contributed by atoms with van der Waals surface area (Å²) in [6.45, 7) is 6.00. The molecule has 0 spiro atoms. The van der Waals surface area contributed by atoms with Crippen molar-refractivity contribution in [1.82, 2.24) is 0 Å². The first-order valence-electron chi connectivity index (χ1n) is 14.7. The van der Waals surface area contributed by atoms with Crippen molar-refractivity contribution >= 4 is 15.9 Å². The normalized spacial score (nSPS) is 10.7. The van der Waals surface area contributed by atoms with Gasteiger partial charge in [-0.15, -0.1) is 0 Å². The molecule has 204 valence electrons. The Hall–Kier alpha value is -1.16. The van der Waals surface area contributed by atoms with E-state index in [9.17, 15) is 0 Å². The van der Waals surface area contributed by atoms with Crippen molar-refractivity contribution in [2.75, 3.05) is 31.8 Å². The summed E-state index contributed by atoms with van der Waals surface area (Å²) < 4.78 is 11.3. The molecule has 0 aliphatic rings. The molecule has 0 N–H and O–H groups in total. The Morgan fingerprint density at radius 3 is 1.28 bits per heavy atom. The molecule has 0 saturated carbocycles. The fourth-order valence-corrected chi connectivity index (χ4v) is 4.42. The number of ether oxygens (including phenoxy) is 2. The lowest BCUT2D eigenvalue weighted by Crippen LogP contribution is -1.98. The Labute approximate surface area is 231 Å². The first kappa shape index (κ1) is 32.9. The van der Waals surface area contributed by atoms with Crippen LogP contribution in [0.2, 0.25) is 0 Å². The molecule has 0 saturated heterocycles. The highest BCUT2D eigenvalue weighted by atomic mass is 79.9. The molecule has 0 radical (unpaired) electrons. The lowest BCUT2D eigenvalue weighted by Gasteiger charge is -2.04. The lowest BCUT2D eigenvalue weighted by atomic mass is 10.1. The first-order valence-corrected chi connectivity index (χ1v) is 15.8. The van der Waals surface area contributed by atoms with Gasteiger partial charge in [-0.05, 0) is 68.9 Å². The monoisotopic (exact) mass is 560 g/mol. The number of rotatable bonds is 22. The highest BCUT2D eigenvalue weighted by molar-refractivity contribution is 9.09. The van der Waals surface area contributed by atoms with E-state index in [0.717, 1.165) is 31.8 Å². The molecule has 3 heteroatoms. The minimum atomic E-state index is 0.922. The second-order valence-electron chi connectivity index (χ2n) is 9.63. The summed E-state index contributed by atoms with van der Waals surface area (Å²) in [5.41, 5.74) is 2.88. The van der Waals surface area contributed by atoms with Crippen LogP contribution < -0.4 is 0 Å². The van der Waals surface area contributed by atoms with Gasteiger partial charge in [0.05, 0.1) is 0 Å². The fourth-order valence-electron chi connectivity index (χ4n) is 4.02. The molecule has 0 bridgehead atoms. The second-order valence-corrected chi connectivity index (χ2v) is 10.4. The Morgan fingerprint density at radius 1 is 0.472 bits per heavy atom. The fraction of sp³-hybridized carbons (Fsp3) is 0.636. The van der Waals surface area contributed by atoms with Crippen molar-refractivity contribution in [3.8, 4) is 0 Å². The Morgan fingerprint density at radius 2 is 0.861 bits per heavy atom. The van der Waals surface area contributed by atoms with Gasteiger partial charge in [0, 0.05) is 31.8 Å². The summed E-state index contributed by atoms with van der Waals surface area (Å²) in [5.74, 6) is 0. The molecule has 0 aliphatic heterocycles. The molecule has 2 nitrogen and oxygen atoms in total. The minimum absolute atomic E-state index is 0.922. The number of unbranched alkanes of at least 4 members (excludes halogenated alkanes) is 9. The molecule has 2 aromatic carbocycles. The Bertz CT molecular complexity index is 602. The van der Waals surface area contributed by atoms with Crippen LogP contribution in [0.3, 0.4) is 0 Å². The van der Waals surface area contributed by atoms with Crippen LogP contribution in [0.1, 0.15) is 102 Å². The van der Waals surface area contributed by atoms with Crippen LogP contribution in [-0.4, -0.2) is 31.8 Å². The first-order chi connectivity index (χ1) is 17.9. The zero-order valence-electron chi connectivity index (χ0n) is 23.1. The summed E-state index contributed by atoms with van der Waals surface area (Å²) in [6.07, 6.45) is 18.9. The van der Waals surface area contributed by atoms with Crippen molar-refractivity contribution in [3.63, 3.8) is 0 Å². The molecule has 0 unspecified atom stereocenters. The summed E-state index contributed by atoms with van der Waals surface area (Å²) in [4.78, 5) is 0. The molecule has 0 aliphatic carbocycles. The van der Waals surface area contributed by atoms with Crippen molar-refractivity contribution in [2.24, 2.45) is 0 Å². The van der Waals surface area contributed by atoms with Crippen LogP contribution in [-0.2, 0) is 22.3 Å². The number of hydrogen-bond donors (Lipinski definition) is 0. The third-order valence-electron chi connectivity index (χ3n) is 6.26. The molecule has 0 aromatic heterocycles. The molecule has 2 aromatic rings. The molecule has 0 heterocycles. The van der Waals surface area contributed by atoms with E-state index in [0.29, 0.717) is 0 Å². The second kappa shape index (κ2) is 26.9. The Kier molecular flexibility index (Phi) is 24.6. The third-order valence-corrected chi connectivity index (χ3v) is 6.82.